The van der Waals surface area contributed by atoms with E-state index >= 15 is 0 Å². The van der Waals surface area contributed by atoms with Crippen LogP contribution in [0.5, 0.6) is 0 Å². The summed E-state index contributed by atoms with van der Waals surface area (Å²) in [5, 5.41) is 5.62. The Bertz CT molecular complexity index is 350. The SMILES string of the molecule is CNC1CCC(C)CC1S(=O)c1cccs1. The van der Waals surface area contributed by atoms with Crippen LogP contribution in [-0.4, -0.2) is 22.5 Å². The van der Waals surface area contributed by atoms with Crippen molar-refractivity contribution >= 4 is 22.1 Å². The third-order valence-corrected chi connectivity index (χ3v) is 6.44. The van der Waals surface area contributed by atoms with E-state index in [9.17, 15) is 4.21 Å². The van der Waals surface area contributed by atoms with Crippen LogP contribution < -0.4 is 5.32 Å². The van der Waals surface area contributed by atoms with Crippen LogP contribution in [0.1, 0.15) is 26.2 Å². The number of hydrogen-bond acceptors (Lipinski definition) is 3. The van der Waals surface area contributed by atoms with E-state index in [-0.39, 0.29) is 5.25 Å². The summed E-state index contributed by atoms with van der Waals surface area (Å²) in [7, 11) is 1.15. The summed E-state index contributed by atoms with van der Waals surface area (Å²) in [6, 6.07) is 4.39. The highest BCUT2D eigenvalue weighted by atomic mass is 32.2. The molecule has 16 heavy (non-hydrogen) atoms. The van der Waals surface area contributed by atoms with Gasteiger partial charge in [0.15, 0.2) is 0 Å². The predicted octanol–water partition coefficient (Wildman–Crippen LogP) is 2.63. The monoisotopic (exact) mass is 257 g/mol. The summed E-state index contributed by atoms with van der Waals surface area (Å²) in [5.74, 6) is 0.707. The molecule has 1 saturated carbocycles. The van der Waals surface area contributed by atoms with E-state index in [4.69, 9.17) is 0 Å². The van der Waals surface area contributed by atoms with E-state index in [0.29, 0.717) is 12.0 Å². The van der Waals surface area contributed by atoms with Gasteiger partial charge in [0.2, 0.25) is 0 Å². The first-order valence-electron chi connectivity index (χ1n) is 5.83. The van der Waals surface area contributed by atoms with Crippen molar-refractivity contribution in [3.63, 3.8) is 0 Å². The summed E-state index contributed by atoms with van der Waals surface area (Å²) in [6.45, 7) is 2.27. The van der Waals surface area contributed by atoms with E-state index in [1.54, 1.807) is 11.3 Å². The number of hydrogen-bond donors (Lipinski definition) is 1. The minimum absolute atomic E-state index is 0.285. The molecule has 1 heterocycles. The van der Waals surface area contributed by atoms with Crippen LogP contribution in [-0.2, 0) is 10.8 Å². The topological polar surface area (TPSA) is 29.1 Å². The van der Waals surface area contributed by atoms with Gasteiger partial charge < -0.3 is 5.32 Å². The van der Waals surface area contributed by atoms with Crippen LogP contribution in [0.3, 0.4) is 0 Å². The van der Waals surface area contributed by atoms with Crippen molar-refractivity contribution < 1.29 is 4.21 Å². The maximum absolute atomic E-state index is 12.5. The van der Waals surface area contributed by atoms with Gasteiger partial charge in [-0.15, -0.1) is 11.3 Å². The summed E-state index contributed by atoms with van der Waals surface area (Å²) < 4.78 is 13.5. The smallest absolute Gasteiger partial charge is 0.0914 e. The molecular weight excluding hydrogens is 238 g/mol. The molecule has 0 radical (unpaired) electrons. The molecule has 0 aliphatic heterocycles. The molecule has 0 aromatic carbocycles. The van der Waals surface area contributed by atoms with Gasteiger partial charge in [-0.1, -0.05) is 13.0 Å². The zero-order chi connectivity index (χ0) is 11.5. The molecule has 0 bridgehead atoms. The number of nitrogens with one attached hydrogen (secondary N) is 1. The molecule has 0 saturated heterocycles. The van der Waals surface area contributed by atoms with E-state index in [1.165, 1.54) is 6.42 Å². The fraction of sp³-hybridized carbons (Fsp3) is 0.667. The van der Waals surface area contributed by atoms with Gasteiger partial charge in [0, 0.05) is 6.04 Å². The highest BCUT2D eigenvalue weighted by Gasteiger charge is 2.32. The van der Waals surface area contributed by atoms with Crippen LogP contribution >= 0.6 is 11.3 Å². The van der Waals surface area contributed by atoms with Gasteiger partial charge in [0.05, 0.1) is 20.3 Å². The second-order valence-electron chi connectivity index (χ2n) is 4.58. The molecule has 4 atom stereocenters. The molecule has 4 unspecified atom stereocenters. The lowest BCUT2D eigenvalue weighted by molar-refractivity contribution is 0.325. The van der Waals surface area contributed by atoms with Crippen molar-refractivity contribution in [1.82, 2.24) is 5.32 Å². The molecule has 1 aliphatic rings. The highest BCUT2D eigenvalue weighted by Crippen LogP contribution is 2.31. The average molecular weight is 257 g/mol. The van der Waals surface area contributed by atoms with Crippen molar-refractivity contribution in [2.75, 3.05) is 7.05 Å². The second-order valence-corrected chi connectivity index (χ2v) is 7.43. The van der Waals surface area contributed by atoms with Crippen molar-refractivity contribution in [3.8, 4) is 0 Å². The Morgan fingerprint density at radius 3 is 2.94 bits per heavy atom. The lowest BCUT2D eigenvalue weighted by atomic mass is 9.87. The fourth-order valence-electron chi connectivity index (χ4n) is 2.42. The van der Waals surface area contributed by atoms with E-state index in [2.05, 4.69) is 12.2 Å². The normalized spacial score (nSPS) is 32.5. The van der Waals surface area contributed by atoms with Gasteiger partial charge in [-0.05, 0) is 43.7 Å². The third kappa shape index (κ3) is 2.55. The largest absolute Gasteiger partial charge is 0.316 e. The van der Waals surface area contributed by atoms with Gasteiger partial charge in [-0.25, -0.2) is 0 Å². The van der Waals surface area contributed by atoms with Crippen molar-refractivity contribution in [3.05, 3.63) is 17.5 Å². The zero-order valence-electron chi connectivity index (χ0n) is 9.81. The van der Waals surface area contributed by atoms with Gasteiger partial charge in [0.25, 0.3) is 0 Å². The molecule has 90 valence electrons. The lowest BCUT2D eigenvalue weighted by Gasteiger charge is -2.33. The van der Waals surface area contributed by atoms with Crippen LogP contribution in [0.15, 0.2) is 21.7 Å². The van der Waals surface area contributed by atoms with Gasteiger partial charge >= 0.3 is 0 Å². The summed E-state index contributed by atoms with van der Waals surface area (Å²) >= 11 is 1.61. The first-order valence-corrected chi connectivity index (χ1v) is 7.93. The summed E-state index contributed by atoms with van der Waals surface area (Å²) in [6.07, 6.45) is 3.49. The summed E-state index contributed by atoms with van der Waals surface area (Å²) in [4.78, 5) is 0. The maximum Gasteiger partial charge on any atom is 0.0914 e. The molecular formula is C12H19NOS2. The average Bonchev–Trinajstić information content (AvgIpc) is 2.81. The third-order valence-electron chi connectivity index (χ3n) is 3.39. The molecule has 1 aliphatic carbocycles. The molecule has 2 nitrogen and oxygen atoms in total. The number of rotatable bonds is 3. The minimum atomic E-state index is -0.833. The molecule has 4 heteroatoms. The minimum Gasteiger partial charge on any atom is -0.316 e. The predicted molar refractivity (Wildman–Crippen MR) is 70.4 cm³/mol. The summed E-state index contributed by atoms with van der Waals surface area (Å²) in [5.41, 5.74) is 0. The Morgan fingerprint density at radius 1 is 1.50 bits per heavy atom. The van der Waals surface area contributed by atoms with Crippen molar-refractivity contribution in [2.45, 2.75) is 41.7 Å². The van der Waals surface area contributed by atoms with E-state index in [0.717, 1.165) is 17.1 Å². The number of thiophene rings is 1. The Hall–Kier alpha value is -0.190. The first-order chi connectivity index (χ1) is 7.72. The highest BCUT2D eigenvalue weighted by molar-refractivity contribution is 7.88. The standard InChI is InChI=1S/C12H19NOS2/c1-9-5-6-10(13-2)11(8-9)16(14)12-4-3-7-15-12/h3-4,7,9-11,13H,5-6,8H2,1-2H3. The quantitative estimate of drug-likeness (QED) is 0.902. The Balaban J connectivity index is 2.13. The van der Waals surface area contributed by atoms with Crippen LogP contribution in [0.4, 0.5) is 0 Å². The lowest BCUT2D eigenvalue weighted by Crippen LogP contribution is -2.44. The van der Waals surface area contributed by atoms with Gasteiger partial charge in [-0.3, -0.25) is 4.21 Å². The Morgan fingerprint density at radius 2 is 2.31 bits per heavy atom. The van der Waals surface area contributed by atoms with E-state index in [1.807, 2.05) is 24.6 Å². The molecule has 2 rings (SSSR count). The Kier molecular flexibility index (Phi) is 4.16. The molecule has 1 N–H and O–H groups in total. The maximum atomic E-state index is 12.5. The molecule has 1 aromatic heterocycles. The van der Waals surface area contributed by atoms with Crippen molar-refractivity contribution in [2.24, 2.45) is 5.92 Å². The van der Waals surface area contributed by atoms with Crippen LogP contribution in [0.2, 0.25) is 0 Å². The Labute approximate surface area is 104 Å². The van der Waals surface area contributed by atoms with Crippen LogP contribution in [0.25, 0.3) is 0 Å². The molecule has 1 aromatic rings. The van der Waals surface area contributed by atoms with E-state index < -0.39 is 10.8 Å². The van der Waals surface area contributed by atoms with Crippen LogP contribution in [0, 0.1) is 5.92 Å². The van der Waals surface area contributed by atoms with Gasteiger partial charge in [-0.2, -0.15) is 0 Å². The molecule has 1 fully saturated rings. The molecule has 0 amide bonds. The zero-order valence-corrected chi connectivity index (χ0v) is 11.4. The fourth-order valence-corrected chi connectivity index (χ4v) is 5.37. The first kappa shape index (κ1) is 12.3. The van der Waals surface area contributed by atoms with Gasteiger partial charge in [0.1, 0.15) is 0 Å². The molecule has 0 spiro atoms. The van der Waals surface area contributed by atoms with Crippen molar-refractivity contribution in [1.29, 1.82) is 0 Å². The second kappa shape index (κ2) is 5.43.